The molecule has 1 heterocycles. The second-order valence-corrected chi connectivity index (χ2v) is 5.29. The largest absolute Gasteiger partial charge is 0.381 e. The van der Waals surface area contributed by atoms with E-state index in [0.29, 0.717) is 6.04 Å². The third-order valence-corrected chi connectivity index (χ3v) is 3.13. The molecule has 0 radical (unpaired) electrons. The second kappa shape index (κ2) is 9.48. The Balaban J connectivity index is 2.41. The van der Waals surface area contributed by atoms with Crippen LogP contribution in [0.25, 0.3) is 0 Å². The lowest BCUT2D eigenvalue weighted by Crippen LogP contribution is -2.32. The van der Waals surface area contributed by atoms with Crippen LogP contribution < -0.4 is 5.32 Å². The lowest BCUT2D eigenvalue weighted by molar-refractivity contribution is 0.124. The fourth-order valence-electron chi connectivity index (χ4n) is 1.89. The number of hydrogen-bond acceptors (Lipinski definition) is 3. The van der Waals surface area contributed by atoms with E-state index in [1.165, 1.54) is 5.56 Å². The summed E-state index contributed by atoms with van der Waals surface area (Å²) in [7, 11) is 0. The summed E-state index contributed by atoms with van der Waals surface area (Å²) in [5, 5.41) is 3.50. The van der Waals surface area contributed by atoms with Crippen molar-refractivity contribution in [2.45, 2.75) is 39.2 Å². The maximum Gasteiger partial charge on any atom is 0.0480 e. The van der Waals surface area contributed by atoms with Gasteiger partial charge in [-0.05, 0) is 53.4 Å². The van der Waals surface area contributed by atoms with E-state index in [-0.39, 0.29) is 0 Å². The van der Waals surface area contributed by atoms with Gasteiger partial charge in [-0.15, -0.1) is 0 Å². The van der Waals surface area contributed by atoms with Crippen LogP contribution in [0.5, 0.6) is 0 Å². The minimum absolute atomic E-state index is 0.461. The summed E-state index contributed by atoms with van der Waals surface area (Å²) < 4.78 is 6.60. The minimum Gasteiger partial charge on any atom is -0.381 e. The van der Waals surface area contributed by atoms with E-state index < -0.39 is 0 Å². The van der Waals surface area contributed by atoms with Gasteiger partial charge in [-0.25, -0.2) is 0 Å². The lowest BCUT2D eigenvalue weighted by Gasteiger charge is -2.18. The Kier molecular flexibility index (Phi) is 8.22. The molecule has 0 spiro atoms. The number of rotatable bonds is 9. The molecule has 1 unspecified atom stereocenters. The van der Waals surface area contributed by atoms with Gasteiger partial charge in [0.2, 0.25) is 0 Å². The van der Waals surface area contributed by atoms with E-state index in [2.05, 4.69) is 46.1 Å². The summed E-state index contributed by atoms with van der Waals surface area (Å²) in [5.74, 6) is 0. The molecule has 1 aromatic rings. The number of aromatic nitrogens is 1. The van der Waals surface area contributed by atoms with Gasteiger partial charge in [-0.1, -0.05) is 13.8 Å². The normalized spacial score (nSPS) is 12.6. The molecule has 3 nitrogen and oxygen atoms in total. The average molecular weight is 315 g/mol. The Labute approximate surface area is 118 Å². The molecular formula is C14H23BrN2O. The van der Waals surface area contributed by atoms with Crippen LogP contribution >= 0.6 is 15.9 Å². The number of nitrogens with one attached hydrogen (secondary N) is 1. The molecule has 1 atom stereocenters. The minimum atomic E-state index is 0.461. The fourth-order valence-corrected chi connectivity index (χ4v) is 2.30. The number of pyridine rings is 1. The Morgan fingerprint density at radius 1 is 1.33 bits per heavy atom. The van der Waals surface area contributed by atoms with Crippen molar-refractivity contribution in [2.24, 2.45) is 0 Å². The Morgan fingerprint density at radius 3 is 2.83 bits per heavy atom. The van der Waals surface area contributed by atoms with Crippen LogP contribution in [0.2, 0.25) is 0 Å². The van der Waals surface area contributed by atoms with Crippen LogP contribution in [0.15, 0.2) is 22.9 Å². The molecule has 0 aliphatic heterocycles. The van der Waals surface area contributed by atoms with Gasteiger partial charge in [-0.2, -0.15) is 0 Å². The Bertz CT molecular complexity index is 333. The maximum atomic E-state index is 5.56. The van der Waals surface area contributed by atoms with Crippen molar-refractivity contribution >= 4 is 15.9 Å². The predicted octanol–water partition coefficient (Wildman–Crippen LogP) is 3.18. The molecule has 1 aromatic heterocycles. The van der Waals surface area contributed by atoms with Gasteiger partial charge in [0.25, 0.3) is 0 Å². The monoisotopic (exact) mass is 314 g/mol. The lowest BCUT2D eigenvalue weighted by atomic mass is 10.1. The molecule has 0 bridgehead atoms. The zero-order chi connectivity index (χ0) is 13.2. The van der Waals surface area contributed by atoms with E-state index in [9.17, 15) is 0 Å². The summed E-state index contributed by atoms with van der Waals surface area (Å²) in [4.78, 5) is 4.20. The highest BCUT2D eigenvalue weighted by Gasteiger charge is 2.08. The molecule has 18 heavy (non-hydrogen) atoms. The van der Waals surface area contributed by atoms with Gasteiger partial charge in [0.05, 0.1) is 0 Å². The van der Waals surface area contributed by atoms with Crippen molar-refractivity contribution in [3.63, 3.8) is 0 Å². The first-order valence-corrected chi connectivity index (χ1v) is 7.46. The van der Waals surface area contributed by atoms with Gasteiger partial charge in [0, 0.05) is 36.1 Å². The molecule has 1 N–H and O–H groups in total. The van der Waals surface area contributed by atoms with Gasteiger partial charge < -0.3 is 10.1 Å². The molecule has 0 saturated carbocycles. The standard InChI is InChI=1S/C14H23BrN2O/c1-3-6-18-7-5-14(17-4-2)9-12-8-13(15)11-16-10-12/h8,10-11,14,17H,3-7,9H2,1-2H3. The molecule has 0 aliphatic carbocycles. The molecule has 4 heteroatoms. The quantitative estimate of drug-likeness (QED) is 0.711. The first-order chi connectivity index (χ1) is 8.76. The third-order valence-electron chi connectivity index (χ3n) is 2.70. The molecule has 0 fully saturated rings. The van der Waals surface area contributed by atoms with Crippen molar-refractivity contribution in [1.29, 1.82) is 0 Å². The van der Waals surface area contributed by atoms with E-state index in [4.69, 9.17) is 4.74 Å². The van der Waals surface area contributed by atoms with Crippen LogP contribution in [0, 0.1) is 0 Å². The molecule has 0 aliphatic rings. The number of likely N-dealkylation sites (N-methyl/N-ethyl adjacent to an activating group) is 1. The number of nitrogens with zero attached hydrogens (tertiary/aromatic N) is 1. The number of ether oxygens (including phenoxy) is 1. The molecule has 0 amide bonds. The summed E-state index contributed by atoms with van der Waals surface area (Å²) in [5.41, 5.74) is 1.26. The topological polar surface area (TPSA) is 34.1 Å². The summed E-state index contributed by atoms with van der Waals surface area (Å²) in [6.45, 7) is 6.94. The van der Waals surface area contributed by atoms with Crippen molar-refractivity contribution in [2.75, 3.05) is 19.8 Å². The molecule has 102 valence electrons. The first kappa shape index (κ1) is 15.6. The zero-order valence-corrected chi connectivity index (χ0v) is 12.9. The third kappa shape index (κ3) is 6.47. The van der Waals surface area contributed by atoms with Crippen molar-refractivity contribution in [1.82, 2.24) is 10.3 Å². The molecule has 0 aromatic carbocycles. The molecular weight excluding hydrogens is 292 g/mol. The smallest absolute Gasteiger partial charge is 0.0480 e. The van der Waals surface area contributed by atoms with Crippen molar-refractivity contribution in [3.05, 3.63) is 28.5 Å². The van der Waals surface area contributed by atoms with Crippen LogP contribution in [-0.4, -0.2) is 30.8 Å². The van der Waals surface area contributed by atoms with Crippen LogP contribution in [0.1, 0.15) is 32.3 Å². The predicted molar refractivity (Wildman–Crippen MR) is 78.8 cm³/mol. The van der Waals surface area contributed by atoms with Gasteiger partial charge in [-0.3, -0.25) is 4.98 Å². The number of halogens is 1. The molecule has 1 rings (SSSR count). The van der Waals surface area contributed by atoms with Crippen molar-refractivity contribution < 1.29 is 4.74 Å². The van der Waals surface area contributed by atoms with Gasteiger partial charge in [0.15, 0.2) is 0 Å². The highest BCUT2D eigenvalue weighted by molar-refractivity contribution is 9.10. The van der Waals surface area contributed by atoms with Crippen LogP contribution in [0.4, 0.5) is 0 Å². The van der Waals surface area contributed by atoms with E-state index in [0.717, 1.165) is 43.5 Å². The average Bonchev–Trinajstić information content (AvgIpc) is 2.35. The van der Waals surface area contributed by atoms with E-state index >= 15 is 0 Å². The summed E-state index contributed by atoms with van der Waals surface area (Å²) in [6, 6.07) is 2.59. The van der Waals surface area contributed by atoms with Gasteiger partial charge in [0.1, 0.15) is 0 Å². The Hall–Kier alpha value is -0.450. The SMILES string of the molecule is CCCOCCC(Cc1cncc(Br)c1)NCC. The van der Waals surface area contributed by atoms with Crippen molar-refractivity contribution in [3.8, 4) is 0 Å². The van der Waals surface area contributed by atoms with Crippen LogP contribution in [-0.2, 0) is 11.2 Å². The second-order valence-electron chi connectivity index (χ2n) is 4.37. The molecule has 0 saturated heterocycles. The first-order valence-electron chi connectivity index (χ1n) is 6.66. The highest BCUT2D eigenvalue weighted by atomic mass is 79.9. The van der Waals surface area contributed by atoms with Gasteiger partial charge >= 0.3 is 0 Å². The van der Waals surface area contributed by atoms with Crippen LogP contribution in [0.3, 0.4) is 0 Å². The number of hydrogen-bond donors (Lipinski definition) is 1. The van der Waals surface area contributed by atoms with E-state index in [1.807, 2.05) is 12.4 Å². The summed E-state index contributed by atoms with van der Waals surface area (Å²) >= 11 is 3.46. The fraction of sp³-hybridized carbons (Fsp3) is 0.643. The summed E-state index contributed by atoms with van der Waals surface area (Å²) in [6.07, 6.45) is 6.87. The zero-order valence-electron chi connectivity index (χ0n) is 11.3. The Morgan fingerprint density at radius 2 is 2.17 bits per heavy atom. The maximum absolute atomic E-state index is 5.56. The van der Waals surface area contributed by atoms with E-state index in [1.54, 1.807) is 0 Å². The highest BCUT2D eigenvalue weighted by Crippen LogP contribution is 2.12.